The lowest BCUT2D eigenvalue weighted by atomic mass is 9.95. The van der Waals surface area contributed by atoms with Gasteiger partial charge in [0.2, 0.25) is 0 Å². The first-order chi connectivity index (χ1) is 15.2. The molecular weight excluding hydrogens is 487 g/mol. The minimum absolute atomic E-state index is 0.103. The molecule has 3 rings (SSSR count). The van der Waals surface area contributed by atoms with Crippen molar-refractivity contribution in [3.63, 3.8) is 0 Å². The average Bonchev–Trinajstić information content (AvgIpc) is 2.74. The summed E-state index contributed by atoms with van der Waals surface area (Å²) in [5.41, 5.74) is -4.56. The van der Waals surface area contributed by atoms with Crippen molar-refractivity contribution >= 4 is 64.1 Å². The molecule has 2 aromatic carbocycles. The maximum absolute atomic E-state index is 12.6. The van der Waals surface area contributed by atoms with Gasteiger partial charge in [-0.3, -0.25) is 14.4 Å². The molecule has 0 aromatic heterocycles. The molecule has 2 aromatic rings. The van der Waals surface area contributed by atoms with E-state index in [2.05, 4.69) is 4.28 Å². The van der Waals surface area contributed by atoms with E-state index >= 15 is 0 Å². The molecule has 0 saturated carbocycles. The summed E-state index contributed by atoms with van der Waals surface area (Å²) >= 11 is 2.23. The Morgan fingerprint density at radius 2 is 1.75 bits per heavy atom. The van der Waals surface area contributed by atoms with Crippen molar-refractivity contribution in [1.29, 1.82) is 0 Å². The van der Waals surface area contributed by atoms with Gasteiger partial charge in [0.05, 0.1) is 24.2 Å². The molecule has 0 atom stereocenters. The van der Waals surface area contributed by atoms with Crippen molar-refractivity contribution in [2.75, 3.05) is 23.9 Å². The molecule has 0 saturated heterocycles. The van der Waals surface area contributed by atoms with Crippen LogP contribution in [0.25, 0.3) is 10.8 Å². The number of hydrogen-bond acceptors (Lipinski definition) is 8. The Morgan fingerprint density at radius 1 is 1.03 bits per heavy atom. The van der Waals surface area contributed by atoms with E-state index in [4.69, 9.17) is 4.74 Å². The highest BCUT2D eigenvalue weighted by Crippen LogP contribution is 2.38. The highest BCUT2D eigenvalue weighted by Gasteiger charge is 2.39. The van der Waals surface area contributed by atoms with E-state index in [0.29, 0.717) is 29.6 Å². The highest BCUT2D eigenvalue weighted by atomic mass is 32.2. The third kappa shape index (κ3) is 5.91. The van der Waals surface area contributed by atoms with Gasteiger partial charge in [0.1, 0.15) is 12.0 Å². The van der Waals surface area contributed by atoms with Gasteiger partial charge in [0, 0.05) is 27.5 Å². The van der Waals surface area contributed by atoms with Crippen molar-refractivity contribution in [1.82, 2.24) is 5.06 Å². The third-order valence-electron chi connectivity index (χ3n) is 4.28. The summed E-state index contributed by atoms with van der Waals surface area (Å²) in [6.45, 7) is 2.12. The quantitative estimate of drug-likeness (QED) is 0.141. The molecule has 0 unspecified atom stereocenters. The van der Waals surface area contributed by atoms with Crippen LogP contribution < -0.4 is 0 Å². The van der Waals surface area contributed by atoms with Gasteiger partial charge in [0.25, 0.3) is 11.8 Å². The molecule has 1 aliphatic heterocycles. The van der Waals surface area contributed by atoms with E-state index in [9.17, 15) is 27.6 Å². The summed E-state index contributed by atoms with van der Waals surface area (Å²) in [6, 6.07) is 8.03. The number of thioether (sulfide) groups is 2. The zero-order valence-electron chi connectivity index (χ0n) is 16.8. The molecule has 32 heavy (non-hydrogen) atoms. The van der Waals surface area contributed by atoms with Gasteiger partial charge in [-0.15, -0.1) is 16.8 Å². The molecule has 1 aliphatic rings. The molecule has 2 amide bonds. The van der Waals surface area contributed by atoms with Crippen LogP contribution in [0.15, 0.2) is 35.2 Å². The summed E-state index contributed by atoms with van der Waals surface area (Å²) in [5.74, 6) is 0.0465. The van der Waals surface area contributed by atoms with Gasteiger partial charge in [-0.05, 0) is 30.5 Å². The number of nitrogens with zero attached hydrogens (tertiary/aromatic N) is 1. The lowest BCUT2D eigenvalue weighted by Gasteiger charge is -2.25. The van der Waals surface area contributed by atoms with Gasteiger partial charge in [-0.2, -0.15) is 29.2 Å². The highest BCUT2D eigenvalue weighted by molar-refractivity contribution is 8.03. The molecule has 0 radical (unpaired) electrons. The van der Waals surface area contributed by atoms with E-state index in [1.165, 1.54) is 23.9 Å². The number of ether oxygens (including phenoxy) is 1. The molecule has 0 N–H and O–H groups in total. The van der Waals surface area contributed by atoms with Gasteiger partial charge in [-0.1, -0.05) is 12.1 Å². The Balaban J connectivity index is 1.70. The number of carbonyl (C=O) groups excluding carboxylic acids is 3. The second-order valence-electron chi connectivity index (χ2n) is 6.36. The van der Waals surface area contributed by atoms with E-state index in [0.717, 1.165) is 16.4 Å². The predicted octanol–water partition coefficient (Wildman–Crippen LogP) is 5.31. The molecule has 12 heteroatoms. The standard InChI is InChI=1S/C20H18F3NO5S3/c1-2-28-16(25)8-9-30-10-11-31-15-7-6-14-17-12(15)4-3-5-13(17)18(26)24(19(14)27)29-32-20(21,22)23/h3-7H,2,8-11H2,1H3. The first kappa shape index (κ1) is 24.7. The van der Waals surface area contributed by atoms with Crippen LogP contribution in [0.3, 0.4) is 0 Å². The molecule has 172 valence electrons. The minimum atomic E-state index is -4.76. The van der Waals surface area contributed by atoms with Crippen molar-refractivity contribution in [2.45, 2.75) is 23.7 Å². The van der Waals surface area contributed by atoms with Crippen LogP contribution in [0.2, 0.25) is 0 Å². The zero-order valence-corrected chi connectivity index (χ0v) is 19.2. The first-order valence-electron chi connectivity index (χ1n) is 9.46. The van der Waals surface area contributed by atoms with Gasteiger partial charge in [-0.25, -0.2) is 0 Å². The maximum atomic E-state index is 12.6. The second-order valence-corrected chi connectivity index (χ2v) is 9.50. The second kappa shape index (κ2) is 10.8. The Hall–Kier alpha value is -1.89. The van der Waals surface area contributed by atoms with E-state index in [-0.39, 0.29) is 22.2 Å². The van der Waals surface area contributed by atoms with Crippen LogP contribution in [0.4, 0.5) is 13.2 Å². The number of alkyl halides is 3. The van der Waals surface area contributed by atoms with Gasteiger partial charge in [0.15, 0.2) is 0 Å². The number of rotatable bonds is 10. The number of esters is 1. The molecule has 0 spiro atoms. The predicted molar refractivity (Wildman–Crippen MR) is 118 cm³/mol. The summed E-state index contributed by atoms with van der Waals surface area (Å²) in [7, 11) is 0. The first-order valence-corrected chi connectivity index (χ1v) is 12.3. The van der Waals surface area contributed by atoms with E-state index in [1.54, 1.807) is 36.9 Å². The fraction of sp³-hybridized carbons (Fsp3) is 0.350. The molecule has 0 aliphatic carbocycles. The van der Waals surface area contributed by atoms with Crippen LogP contribution in [0.1, 0.15) is 34.1 Å². The fourth-order valence-electron chi connectivity index (χ4n) is 3.02. The number of carbonyl (C=O) groups is 3. The summed E-state index contributed by atoms with van der Waals surface area (Å²) < 4.78 is 46.7. The van der Waals surface area contributed by atoms with Crippen molar-refractivity contribution in [3.8, 4) is 0 Å². The van der Waals surface area contributed by atoms with E-state index in [1.807, 2.05) is 0 Å². The van der Waals surface area contributed by atoms with Crippen molar-refractivity contribution in [2.24, 2.45) is 0 Å². The van der Waals surface area contributed by atoms with Crippen LogP contribution in [-0.4, -0.2) is 52.2 Å². The zero-order chi connectivity index (χ0) is 23.3. The molecular formula is C20H18F3NO5S3. The van der Waals surface area contributed by atoms with Crippen LogP contribution in [0, 0.1) is 0 Å². The Morgan fingerprint density at radius 3 is 2.44 bits per heavy atom. The van der Waals surface area contributed by atoms with Crippen LogP contribution in [-0.2, 0) is 13.8 Å². The summed E-state index contributed by atoms with van der Waals surface area (Å²) in [5, 5.41) is 1.22. The van der Waals surface area contributed by atoms with Crippen LogP contribution >= 0.6 is 35.6 Å². The normalized spacial score (nSPS) is 13.7. The van der Waals surface area contributed by atoms with Crippen LogP contribution in [0.5, 0.6) is 0 Å². The largest absolute Gasteiger partial charge is 0.470 e. The SMILES string of the molecule is CCOC(=O)CCSCCSc1ccc2c3c(cccc13)C(=O)N(OSC(F)(F)F)C2=O. The topological polar surface area (TPSA) is 72.9 Å². The Labute approximate surface area is 194 Å². The lowest BCUT2D eigenvalue weighted by Crippen LogP contribution is -2.39. The maximum Gasteiger partial charge on any atom is 0.470 e. The lowest BCUT2D eigenvalue weighted by molar-refractivity contribution is -0.142. The average molecular weight is 506 g/mol. The molecule has 0 fully saturated rings. The van der Waals surface area contributed by atoms with Gasteiger partial charge < -0.3 is 4.74 Å². The number of hydroxylamine groups is 2. The monoisotopic (exact) mass is 505 g/mol. The summed E-state index contributed by atoms with van der Waals surface area (Å²) in [4.78, 5) is 37.4. The smallest absolute Gasteiger partial charge is 0.466 e. The molecule has 1 heterocycles. The number of halogens is 3. The Kier molecular flexibility index (Phi) is 8.37. The number of amides is 2. The fourth-order valence-corrected chi connectivity index (χ4v) is 5.35. The Bertz CT molecular complexity index is 1010. The minimum Gasteiger partial charge on any atom is -0.466 e. The van der Waals surface area contributed by atoms with Gasteiger partial charge >= 0.3 is 11.5 Å². The third-order valence-corrected chi connectivity index (χ3v) is 7.01. The van der Waals surface area contributed by atoms with Crippen molar-refractivity contribution < 1.29 is 36.6 Å². The summed E-state index contributed by atoms with van der Waals surface area (Å²) in [6.07, 6.45) is 0.347. The molecule has 0 bridgehead atoms. The number of benzene rings is 2. The van der Waals surface area contributed by atoms with E-state index < -0.39 is 29.4 Å². The number of hydrogen-bond donors (Lipinski definition) is 0. The molecule has 6 nitrogen and oxygen atoms in total. The van der Waals surface area contributed by atoms with Crippen molar-refractivity contribution in [3.05, 3.63) is 41.5 Å². The number of imide groups is 1.